The zero-order valence-electron chi connectivity index (χ0n) is 12.7. The first-order valence-electron chi connectivity index (χ1n) is 7.17. The highest BCUT2D eigenvalue weighted by Crippen LogP contribution is 2.16. The van der Waals surface area contributed by atoms with Crippen LogP contribution >= 0.6 is 0 Å². The number of likely N-dealkylation sites (N-methyl/N-ethyl adjacent to an activating group) is 1. The van der Waals surface area contributed by atoms with Crippen LogP contribution in [-0.4, -0.2) is 43.5 Å². The van der Waals surface area contributed by atoms with E-state index in [1.807, 2.05) is 6.92 Å². The molecule has 1 amide bonds. The summed E-state index contributed by atoms with van der Waals surface area (Å²) in [5.41, 5.74) is 5.81. The van der Waals surface area contributed by atoms with Gasteiger partial charge in [0.2, 0.25) is 5.91 Å². The topological polar surface area (TPSA) is 58.4 Å². The van der Waals surface area contributed by atoms with Gasteiger partial charge in [0.15, 0.2) is 0 Å². The first-order chi connectivity index (χ1) is 8.47. The maximum atomic E-state index is 11.8. The second-order valence-electron chi connectivity index (χ2n) is 5.25. The Hall–Kier alpha value is -0.610. The molecule has 0 fully saturated rings. The van der Waals surface area contributed by atoms with Crippen molar-refractivity contribution >= 4 is 5.91 Å². The van der Waals surface area contributed by atoms with E-state index in [0.717, 1.165) is 25.7 Å². The van der Waals surface area contributed by atoms with Crippen molar-refractivity contribution in [2.24, 2.45) is 11.7 Å². The predicted molar refractivity (Wildman–Crippen MR) is 77.4 cm³/mol. The van der Waals surface area contributed by atoms with Crippen LogP contribution in [0.15, 0.2) is 0 Å². The van der Waals surface area contributed by atoms with E-state index >= 15 is 0 Å². The van der Waals surface area contributed by atoms with Gasteiger partial charge in [-0.3, -0.25) is 4.79 Å². The summed E-state index contributed by atoms with van der Waals surface area (Å²) < 4.78 is 0. The number of hydrogen-bond acceptors (Lipinski definition) is 3. The lowest BCUT2D eigenvalue weighted by molar-refractivity contribution is -0.122. The summed E-state index contributed by atoms with van der Waals surface area (Å²) in [6.45, 7) is 7.14. The van der Waals surface area contributed by atoms with Gasteiger partial charge in [0, 0.05) is 12.6 Å². The normalized spacial score (nSPS) is 14.9. The van der Waals surface area contributed by atoms with Crippen molar-refractivity contribution < 1.29 is 4.79 Å². The zero-order chi connectivity index (χ0) is 14.1. The lowest BCUT2D eigenvalue weighted by Gasteiger charge is -2.31. The summed E-state index contributed by atoms with van der Waals surface area (Å²) in [6.07, 6.45) is 3.97. The Labute approximate surface area is 112 Å². The first kappa shape index (κ1) is 17.4. The third kappa shape index (κ3) is 5.83. The molecule has 0 aliphatic rings. The van der Waals surface area contributed by atoms with Crippen molar-refractivity contribution in [1.82, 2.24) is 10.2 Å². The minimum atomic E-state index is -0.362. The van der Waals surface area contributed by atoms with Gasteiger partial charge in [-0.25, -0.2) is 0 Å². The molecule has 0 aliphatic heterocycles. The molecule has 0 rings (SSSR count). The Kier molecular flexibility index (Phi) is 9.02. The summed E-state index contributed by atoms with van der Waals surface area (Å²) in [6, 6.07) is 0.0253. The van der Waals surface area contributed by atoms with E-state index < -0.39 is 0 Å². The number of hydrogen-bond donors (Lipinski definition) is 2. The van der Waals surface area contributed by atoms with E-state index in [4.69, 9.17) is 5.73 Å². The molecule has 1 unspecified atom stereocenters. The van der Waals surface area contributed by atoms with E-state index in [1.54, 1.807) is 0 Å². The fourth-order valence-corrected chi connectivity index (χ4v) is 2.38. The number of rotatable bonds is 9. The van der Waals surface area contributed by atoms with E-state index in [1.165, 1.54) is 0 Å². The molecule has 0 spiro atoms. The summed E-state index contributed by atoms with van der Waals surface area (Å²) in [7, 11) is 4.14. The molecule has 0 saturated carbocycles. The Balaban J connectivity index is 4.31. The van der Waals surface area contributed by atoms with Crippen LogP contribution in [0, 0.1) is 5.92 Å². The molecule has 18 heavy (non-hydrogen) atoms. The molecule has 0 aromatic carbocycles. The highest BCUT2D eigenvalue weighted by molar-refractivity contribution is 5.81. The maximum absolute atomic E-state index is 11.8. The molecule has 4 nitrogen and oxygen atoms in total. The van der Waals surface area contributed by atoms with Crippen molar-refractivity contribution in [3.8, 4) is 0 Å². The quantitative estimate of drug-likeness (QED) is 0.659. The highest BCUT2D eigenvalue weighted by atomic mass is 16.2. The van der Waals surface area contributed by atoms with Gasteiger partial charge >= 0.3 is 0 Å². The highest BCUT2D eigenvalue weighted by Gasteiger charge is 2.22. The Morgan fingerprint density at radius 3 is 2.17 bits per heavy atom. The second-order valence-corrected chi connectivity index (χ2v) is 5.25. The Morgan fingerprint density at radius 1 is 1.22 bits per heavy atom. The second kappa shape index (κ2) is 9.34. The molecular formula is C14H31N3O. The minimum absolute atomic E-state index is 0.0188. The van der Waals surface area contributed by atoms with Gasteiger partial charge in [-0.15, -0.1) is 0 Å². The largest absolute Gasteiger partial charge is 0.353 e. The SMILES string of the molecule is CCC[C@H](N)C(=O)NCC(C(CC)CC)N(C)C. The average molecular weight is 257 g/mol. The van der Waals surface area contributed by atoms with Gasteiger partial charge in [0.05, 0.1) is 6.04 Å². The van der Waals surface area contributed by atoms with Crippen LogP contribution in [0.2, 0.25) is 0 Å². The molecule has 0 heterocycles. The van der Waals surface area contributed by atoms with Crippen molar-refractivity contribution in [3.05, 3.63) is 0 Å². The first-order valence-corrected chi connectivity index (χ1v) is 7.17. The predicted octanol–water partition coefficient (Wildman–Crippen LogP) is 1.60. The number of carbonyl (C=O) groups is 1. The molecule has 0 bridgehead atoms. The third-order valence-corrected chi connectivity index (χ3v) is 3.68. The Bertz CT molecular complexity index is 227. The van der Waals surface area contributed by atoms with Crippen LogP contribution in [0.25, 0.3) is 0 Å². The minimum Gasteiger partial charge on any atom is -0.353 e. The van der Waals surface area contributed by atoms with E-state index in [2.05, 4.69) is 38.2 Å². The smallest absolute Gasteiger partial charge is 0.236 e. The van der Waals surface area contributed by atoms with Gasteiger partial charge < -0.3 is 16.0 Å². The van der Waals surface area contributed by atoms with Crippen LogP contribution < -0.4 is 11.1 Å². The van der Waals surface area contributed by atoms with Crippen molar-refractivity contribution in [2.45, 2.75) is 58.5 Å². The number of nitrogens with one attached hydrogen (secondary N) is 1. The molecular weight excluding hydrogens is 226 g/mol. The van der Waals surface area contributed by atoms with Crippen LogP contribution in [0.4, 0.5) is 0 Å². The Morgan fingerprint density at radius 2 is 1.78 bits per heavy atom. The van der Waals surface area contributed by atoms with Gasteiger partial charge in [-0.2, -0.15) is 0 Å². The molecule has 0 saturated heterocycles. The number of amides is 1. The molecule has 0 aliphatic carbocycles. The van der Waals surface area contributed by atoms with Crippen LogP contribution in [0.5, 0.6) is 0 Å². The molecule has 108 valence electrons. The zero-order valence-corrected chi connectivity index (χ0v) is 12.7. The number of nitrogens with zero attached hydrogens (tertiary/aromatic N) is 1. The summed E-state index contributed by atoms with van der Waals surface area (Å²) >= 11 is 0. The van der Waals surface area contributed by atoms with Crippen molar-refractivity contribution in [3.63, 3.8) is 0 Å². The van der Waals surface area contributed by atoms with Gasteiger partial charge in [0.25, 0.3) is 0 Å². The molecule has 0 aromatic rings. The van der Waals surface area contributed by atoms with Gasteiger partial charge in [-0.05, 0) is 26.4 Å². The van der Waals surface area contributed by atoms with E-state index in [0.29, 0.717) is 18.5 Å². The lowest BCUT2D eigenvalue weighted by Crippen LogP contribution is -2.48. The monoisotopic (exact) mass is 257 g/mol. The molecule has 3 N–H and O–H groups in total. The van der Waals surface area contributed by atoms with E-state index in [-0.39, 0.29) is 11.9 Å². The molecule has 2 atom stereocenters. The fraction of sp³-hybridized carbons (Fsp3) is 0.929. The molecule has 0 radical (unpaired) electrons. The van der Waals surface area contributed by atoms with Crippen LogP contribution in [0.1, 0.15) is 46.5 Å². The third-order valence-electron chi connectivity index (χ3n) is 3.68. The van der Waals surface area contributed by atoms with Crippen LogP contribution in [-0.2, 0) is 4.79 Å². The average Bonchev–Trinajstić information content (AvgIpc) is 2.33. The number of carbonyl (C=O) groups excluding carboxylic acids is 1. The molecule has 0 aromatic heterocycles. The number of nitrogens with two attached hydrogens (primary N) is 1. The maximum Gasteiger partial charge on any atom is 0.236 e. The van der Waals surface area contributed by atoms with Gasteiger partial charge in [0.1, 0.15) is 0 Å². The van der Waals surface area contributed by atoms with Crippen LogP contribution in [0.3, 0.4) is 0 Å². The van der Waals surface area contributed by atoms with Crippen molar-refractivity contribution in [2.75, 3.05) is 20.6 Å². The molecule has 4 heteroatoms. The summed E-state index contributed by atoms with van der Waals surface area (Å²) in [4.78, 5) is 14.0. The summed E-state index contributed by atoms with van der Waals surface area (Å²) in [5.74, 6) is 0.595. The fourth-order valence-electron chi connectivity index (χ4n) is 2.38. The summed E-state index contributed by atoms with van der Waals surface area (Å²) in [5, 5.41) is 2.99. The standard InChI is InChI=1S/C14H31N3O/c1-6-9-12(15)14(18)16-10-13(17(4)5)11(7-2)8-3/h11-13H,6-10,15H2,1-5H3,(H,16,18)/t12-,13?/m0/s1. The van der Waals surface area contributed by atoms with Gasteiger partial charge in [-0.1, -0.05) is 40.0 Å². The van der Waals surface area contributed by atoms with Crippen molar-refractivity contribution in [1.29, 1.82) is 0 Å². The lowest BCUT2D eigenvalue weighted by atomic mass is 9.93. The van der Waals surface area contributed by atoms with E-state index in [9.17, 15) is 4.79 Å².